The second kappa shape index (κ2) is 9.05. The van der Waals surface area contributed by atoms with Crippen molar-refractivity contribution in [3.8, 4) is 0 Å². The molecule has 2 heterocycles. The SMILES string of the molecule is O=C(Nc1ccc(F)cc1)[C@H](c1ccccc1)n1cc(S(=O)(=O)N2CCCC2)ccc1=O. The number of hydrogen-bond donors (Lipinski definition) is 1. The molecule has 0 unspecified atom stereocenters. The molecular weight excluding hydrogens is 433 g/mol. The van der Waals surface area contributed by atoms with Crippen molar-refractivity contribution in [3.63, 3.8) is 0 Å². The van der Waals surface area contributed by atoms with Crippen molar-refractivity contribution in [2.75, 3.05) is 18.4 Å². The molecule has 7 nitrogen and oxygen atoms in total. The van der Waals surface area contributed by atoms with Gasteiger partial charge in [0.2, 0.25) is 10.0 Å². The van der Waals surface area contributed by atoms with Crippen LogP contribution in [-0.2, 0) is 14.8 Å². The lowest BCUT2D eigenvalue weighted by molar-refractivity contribution is -0.118. The lowest BCUT2D eigenvalue weighted by atomic mass is 10.1. The molecule has 0 bridgehead atoms. The summed E-state index contributed by atoms with van der Waals surface area (Å²) in [5.74, 6) is -1.00. The number of amides is 1. The van der Waals surface area contributed by atoms with Crippen molar-refractivity contribution in [2.45, 2.75) is 23.8 Å². The van der Waals surface area contributed by atoms with E-state index in [0.29, 0.717) is 24.3 Å². The third-order valence-corrected chi connectivity index (χ3v) is 7.25. The normalized spacial score (nSPS) is 15.4. The third-order valence-electron chi connectivity index (χ3n) is 5.37. The average Bonchev–Trinajstić information content (AvgIpc) is 3.33. The predicted octanol–water partition coefficient (Wildman–Crippen LogP) is 3.00. The molecule has 0 radical (unpaired) electrons. The summed E-state index contributed by atoms with van der Waals surface area (Å²) >= 11 is 0. The van der Waals surface area contributed by atoms with Gasteiger partial charge in [0, 0.05) is 31.0 Å². The van der Waals surface area contributed by atoms with Crippen LogP contribution < -0.4 is 10.9 Å². The molecule has 1 atom stereocenters. The summed E-state index contributed by atoms with van der Waals surface area (Å²) in [6, 6.07) is 15.1. The summed E-state index contributed by atoms with van der Waals surface area (Å²) in [4.78, 5) is 26.0. The number of carbonyl (C=O) groups is 1. The highest BCUT2D eigenvalue weighted by Gasteiger charge is 2.30. The second-order valence-electron chi connectivity index (χ2n) is 7.53. The summed E-state index contributed by atoms with van der Waals surface area (Å²) in [5, 5.41) is 2.68. The molecule has 1 fully saturated rings. The van der Waals surface area contributed by atoms with Crippen LogP contribution in [0.3, 0.4) is 0 Å². The van der Waals surface area contributed by atoms with Crippen molar-refractivity contribution < 1.29 is 17.6 Å². The highest BCUT2D eigenvalue weighted by atomic mass is 32.2. The van der Waals surface area contributed by atoms with E-state index in [2.05, 4.69) is 5.32 Å². The minimum atomic E-state index is -3.78. The summed E-state index contributed by atoms with van der Waals surface area (Å²) in [7, 11) is -3.78. The first-order valence-electron chi connectivity index (χ1n) is 10.2. The van der Waals surface area contributed by atoms with Crippen LogP contribution >= 0.6 is 0 Å². The van der Waals surface area contributed by atoms with Crippen molar-refractivity contribution in [2.24, 2.45) is 0 Å². The molecule has 4 rings (SSSR count). The van der Waals surface area contributed by atoms with Crippen molar-refractivity contribution in [3.05, 3.63) is 94.7 Å². The zero-order valence-corrected chi connectivity index (χ0v) is 18.0. The van der Waals surface area contributed by atoms with Crippen molar-refractivity contribution in [1.82, 2.24) is 8.87 Å². The number of nitrogens with one attached hydrogen (secondary N) is 1. The molecule has 0 saturated carbocycles. The smallest absolute Gasteiger partial charge is 0.252 e. The largest absolute Gasteiger partial charge is 0.324 e. The zero-order chi connectivity index (χ0) is 22.7. The molecule has 1 aliphatic heterocycles. The van der Waals surface area contributed by atoms with E-state index in [1.165, 1.54) is 40.8 Å². The average molecular weight is 456 g/mol. The van der Waals surface area contributed by atoms with Gasteiger partial charge in [0.05, 0.1) is 4.90 Å². The maximum Gasteiger partial charge on any atom is 0.252 e. The molecule has 0 spiro atoms. The maximum atomic E-state index is 13.2. The zero-order valence-electron chi connectivity index (χ0n) is 17.1. The standard InChI is InChI=1S/C23H22FN3O4S/c24-18-8-10-19(11-9-18)25-23(29)22(17-6-2-1-3-7-17)27-16-20(12-13-21(27)28)32(30,31)26-14-4-5-15-26/h1-3,6-13,16,22H,4-5,14-15H2,(H,25,29)/t22-/m0/s1. The minimum Gasteiger partial charge on any atom is -0.324 e. The molecule has 1 N–H and O–H groups in total. The number of rotatable bonds is 6. The van der Waals surface area contributed by atoms with Gasteiger partial charge in [-0.3, -0.25) is 14.2 Å². The van der Waals surface area contributed by atoms with Crippen LogP contribution in [0.4, 0.5) is 10.1 Å². The van der Waals surface area contributed by atoms with Gasteiger partial charge in [0.25, 0.3) is 11.5 Å². The molecule has 1 aromatic heterocycles. The van der Waals surface area contributed by atoms with Crippen LogP contribution in [0.2, 0.25) is 0 Å². The third kappa shape index (κ3) is 4.49. The number of benzene rings is 2. The van der Waals surface area contributed by atoms with Gasteiger partial charge in [-0.15, -0.1) is 0 Å². The number of pyridine rings is 1. The Kier molecular flexibility index (Phi) is 6.20. The monoisotopic (exact) mass is 455 g/mol. The molecular formula is C23H22FN3O4S. The van der Waals surface area contributed by atoms with Gasteiger partial charge in [0.15, 0.2) is 0 Å². The van der Waals surface area contributed by atoms with Gasteiger partial charge < -0.3 is 5.32 Å². The van der Waals surface area contributed by atoms with E-state index in [1.807, 2.05) is 0 Å². The Labute approximate surface area is 185 Å². The first kappa shape index (κ1) is 21.9. The topological polar surface area (TPSA) is 88.5 Å². The fraction of sp³-hybridized carbons (Fsp3) is 0.217. The Morgan fingerprint density at radius 2 is 1.59 bits per heavy atom. The van der Waals surface area contributed by atoms with Gasteiger partial charge in [-0.25, -0.2) is 12.8 Å². The number of carbonyl (C=O) groups excluding carboxylic acids is 1. The van der Waals surface area contributed by atoms with Crippen LogP contribution in [0.1, 0.15) is 24.4 Å². The highest BCUT2D eigenvalue weighted by molar-refractivity contribution is 7.89. The van der Waals surface area contributed by atoms with Crippen LogP contribution in [0, 0.1) is 5.82 Å². The summed E-state index contributed by atoms with van der Waals surface area (Å²) in [6.07, 6.45) is 2.79. The molecule has 3 aromatic rings. The van der Waals surface area contributed by atoms with Crippen molar-refractivity contribution >= 4 is 21.6 Å². The Bertz CT molecular complexity index is 1270. The molecule has 32 heavy (non-hydrogen) atoms. The second-order valence-corrected chi connectivity index (χ2v) is 9.47. The molecule has 2 aromatic carbocycles. The molecule has 1 saturated heterocycles. The Morgan fingerprint density at radius 1 is 0.938 bits per heavy atom. The number of anilines is 1. The van der Waals surface area contributed by atoms with Crippen molar-refractivity contribution in [1.29, 1.82) is 0 Å². The first-order valence-corrected chi connectivity index (χ1v) is 11.6. The Hall–Kier alpha value is -3.30. The van der Waals surface area contributed by atoms with E-state index in [9.17, 15) is 22.4 Å². The molecule has 9 heteroatoms. The van der Waals surface area contributed by atoms with E-state index >= 15 is 0 Å². The molecule has 166 valence electrons. The fourth-order valence-electron chi connectivity index (χ4n) is 3.73. The van der Waals surface area contributed by atoms with Crippen LogP contribution in [0.15, 0.2) is 82.6 Å². The van der Waals surface area contributed by atoms with Gasteiger partial charge in [-0.05, 0) is 48.7 Å². The Balaban J connectivity index is 1.77. The lowest BCUT2D eigenvalue weighted by Gasteiger charge is -2.22. The lowest BCUT2D eigenvalue weighted by Crippen LogP contribution is -2.35. The van der Waals surface area contributed by atoms with E-state index < -0.39 is 33.3 Å². The molecule has 0 aliphatic carbocycles. The number of sulfonamides is 1. The molecule has 1 amide bonds. The van der Waals surface area contributed by atoms with E-state index in [4.69, 9.17) is 0 Å². The summed E-state index contributed by atoms with van der Waals surface area (Å²) in [5.41, 5.74) is 0.338. The van der Waals surface area contributed by atoms with Gasteiger partial charge in [-0.2, -0.15) is 4.31 Å². The van der Waals surface area contributed by atoms with Crippen LogP contribution in [0.25, 0.3) is 0 Å². The number of halogens is 1. The van der Waals surface area contributed by atoms with E-state index in [1.54, 1.807) is 30.3 Å². The molecule has 1 aliphatic rings. The van der Waals surface area contributed by atoms with Gasteiger partial charge in [0.1, 0.15) is 11.9 Å². The number of hydrogen-bond acceptors (Lipinski definition) is 4. The minimum absolute atomic E-state index is 0.0467. The fourth-order valence-corrected chi connectivity index (χ4v) is 5.26. The quantitative estimate of drug-likeness (QED) is 0.619. The van der Waals surface area contributed by atoms with E-state index in [0.717, 1.165) is 23.5 Å². The number of aromatic nitrogens is 1. The highest BCUT2D eigenvalue weighted by Crippen LogP contribution is 2.24. The first-order chi connectivity index (χ1) is 15.4. The van der Waals surface area contributed by atoms with Crippen LogP contribution in [-0.4, -0.2) is 36.3 Å². The van der Waals surface area contributed by atoms with Gasteiger partial charge >= 0.3 is 0 Å². The predicted molar refractivity (Wildman–Crippen MR) is 118 cm³/mol. The van der Waals surface area contributed by atoms with E-state index in [-0.39, 0.29) is 4.90 Å². The summed E-state index contributed by atoms with van der Waals surface area (Å²) < 4.78 is 41.8. The Morgan fingerprint density at radius 3 is 2.25 bits per heavy atom. The number of nitrogens with zero attached hydrogens (tertiary/aromatic N) is 2. The maximum absolute atomic E-state index is 13.2. The summed E-state index contributed by atoms with van der Waals surface area (Å²) in [6.45, 7) is 0.850. The van der Waals surface area contributed by atoms with Gasteiger partial charge in [-0.1, -0.05) is 30.3 Å². The van der Waals surface area contributed by atoms with Crippen LogP contribution in [0.5, 0.6) is 0 Å².